The lowest BCUT2D eigenvalue weighted by Gasteiger charge is -1.91. The maximum Gasteiger partial charge on any atom is 0.122 e. The average Bonchev–Trinajstić information content (AvgIpc) is 2.69. The maximum atomic E-state index is 6.15. The molecule has 0 amide bonds. The number of furan rings is 1. The van der Waals surface area contributed by atoms with Gasteiger partial charge in [0.2, 0.25) is 0 Å². The van der Waals surface area contributed by atoms with Gasteiger partial charge in [0.1, 0.15) is 5.76 Å². The summed E-state index contributed by atoms with van der Waals surface area (Å²) in [5.41, 5.74) is 2.08. The summed E-state index contributed by atoms with van der Waals surface area (Å²) >= 11 is 6.15. The van der Waals surface area contributed by atoms with Gasteiger partial charge >= 0.3 is 0 Å². The van der Waals surface area contributed by atoms with Crippen LogP contribution in [0.5, 0.6) is 0 Å². The van der Waals surface area contributed by atoms with Crippen molar-refractivity contribution < 1.29 is 4.42 Å². The molecule has 0 N–H and O–H groups in total. The molecule has 82 valence electrons. The van der Waals surface area contributed by atoms with Gasteiger partial charge in [-0.1, -0.05) is 54.9 Å². The van der Waals surface area contributed by atoms with E-state index in [2.05, 4.69) is 0 Å². The molecular weight excluding hydrogens is 220 g/mol. The standard InChI is InChI=1S/C14H13ClO/c1-2-13-14(15)12(10-16-13)9-8-11-6-4-3-5-7-11/h3-10H,2H2,1H3/b9-8+. The van der Waals surface area contributed by atoms with E-state index >= 15 is 0 Å². The van der Waals surface area contributed by atoms with Gasteiger partial charge in [0.25, 0.3) is 0 Å². The van der Waals surface area contributed by atoms with Crippen molar-refractivity contribution in [2.24, 2.45) is 0 Å². The first-order valence-corrected chi connectivity index (χ1v) is 5.68. The van der Waals surface area contributed by atoms with Gasteiger partial charge in [0.15, 0.2) is 0 Å². The number of rotatable bonds is 3. The Bertz CT molecular complexity index is 483. The van der Waals surface area contributed by atoms with Crippen LogP contribution in [-0.4, -0.2) is 0 Å². The van der Waals surface area contributed by atoms with Crippen LogP contribution in [0.25, 0.3) is 12.2 Å². The highest BCUT2D eigenvalue weighted by Gasteiger charge is 2.06. The molecule has 0 saturated heterocycles. The monoisotopic (exact) mass is 232 g/mol. The maximum absolute atomic E-state index is 6.15. The first-order valence-electron chi connectivity index (χ1n) is 5.30. The molecule has 1 heterocycles. The zero-order valence-corrected chi connectivity index (χ0v) is 9.87. The van der Waals surface area contributed by atoms with Gasteiger partial charge in [-0.25, -0.2) is 0 Å². The summed E-state index contributed by atoms with van der Waals surface area (Å²) in [6.45, 7) is 2.02. The van der Waals surface area contributed by atoms with Gasteiger partial charge in [0, 0.05) is 12.0 Å². The Labute approximate surface area is 100 Å². The molecule has 16 heavy (non-hydrogen) atoms. The first-order chi connectivity index (χ1) is 7.81. The number of halogens is 1. The molecule has 1 aromatic heterocycles. The molecule has 2 aromatic rings. The van der Waals surface area contributed by atoms with E-state index in [0.717, 1.165) is 28.3 Å². The second-order valence-corrected chi connectivity index (χ2v) is 3.90. The van der Waals surface area contributed by atoms with E-state index in [-0.39, 0.29) is 0 Å². The van der Waals surface area contributed by atoms with Crippen LogP contribution in [0.4, 0.5) is 0 Å². The molecule has 0 unspecified atom stereocenters. The normalized spacial score (nSPS) is 11.1. The Hall–Kier alpha value is -1.47. The third-order valence-electron chi connectivity index (χ3n) is 2.40. The molecule has 0 aliphatic rings. The van der Waals surface area contributed by atoms with E-state index in [9.17, 15) is 0 Å². The van der Waals surface area contributed by atoms with Crippen molar-refractivity contribution >= 4 is 23.8 Å². The molecular formula is C14H13ClO. The lowest BCUT2D eigenvalue weighted by atomic mass is 10.2. The predicted octanol–water partition coefficient (Wildman–Crippen LogP) is 4.67. The zero-order chi connectivity index (χ0) is 11.4. The van der Waals surface area contributed by atoms with E-state index < -0.39 is 0 Å². The molecule has 0 atom stereocenters. The summed E-state index contributed by atoms with van der Waals surface area (Å²) < 4.78 is 5.35. The van der Waals surface area contributed by atoms with Gasteiger partial charge in [-0.05, 0) is 11.6 Å². The highest BCUT2D eigenvalue weighted by Crippen LogP contribution is 2.25. The fraction of sp³-hybridized carbons (Fsp3) is 0.143. The first kappa shape index (κ1) is 11.0. The van der Waals surface area contributed by atoms with Gasteiger partial charge < -0.3 is 4.42 Å². The van der Waals surface area contributed by atoms with Crippen molar-refractivity contribution in [2.75, 3.05) is 0 Å². The Morgan fingerprint density at radius 3 is 2.56 bits per heavy atom. The van der Waals surface area contributed by atoms with E-state index in [4.69, 9.17) is 16.0 Å². The van der Waals surface area contributed by atoms with E-state index in [1.165, 1.54) is 0 Å². The second-order valence-electron chi connectivity index (χ2n) is 3.53. The number of hydrogen-bond donors (Lipinski definition) is 0. The number of hydrogen-bond acceptors (Lipinski definition) is 1. The van der Waals surface area contributed by atoms with Crippen molar-refractivity contribution in [3.63, 3.8) is 0 Å². The van der Waals surface area contributed by atoms with Crippen molar-refractivity contribution in [3.05, 3.63) is 58.5 Å². The predicted molar refractivity (Wildman–Crippen MR) is 68.5 cm³/mol. The summed E-state index contributed by atoms with van der Waals surface area (Å²) in [5.74, 6) is 0.842. The van der Waals surface area contributed by atoms with Crippen molar-refractivity contribution in [2.45, 2.75) is 13.3 Å². The molecule has 0 spiro atoms. The number of benzene rings is 1. The third-order valence-corrected chi connectivity index (χ3v) is 2.83. The van der Waals surface area contributed by atoms with E-state index in [0.29, 0.717) is 0 Å². The van der Waals surface area contributed by atoms with Crippen molar-refractivity contribution in [1.82, 2.24) is 0 Å². The Kier molecular flexibility index (Phi) is 3.47. The molecule has 0 aliphatic heterocycles. The van der Waals surface area contributed by atoms with Crippen LogP contribution in [0.2, 0.25) is 5.02 Å². The van der Waals surface area contributed by atoms with Gasteiger partial charge in [-0.2, -0.15) is 0 Å². The highest BCUT2D eigenvalue weighted by atomic mass is 35.5. The van der Waals surface area contributed by atoms with Crippen LogP contribution in [0.3, 0.4) is 0 Å². The second kappa shape index (κ2) is 5.04. The van der Waals surface area contributed by atoms with Crippen LogP contribution in [0.15, 0.2) is 41.0 Å². The van der Waals surface area contributed by atoms with Crippen LogP contribution in [0, 0.1) is 0 Å². The quantitative estimate of drug-likeness (QED) is 0.750. The van der Waals surface area contributed by atoms with E-state index in [1.807, 2.05) is 49.4 Å². The van der Waals surface area contributed by atoms with Gasteiger partial charge in [-0.15, -0.1) is 0 Å². The van der Waals surface area contributed by atoms with Crippen LogP contribution >= 0.6 is 11.6 Å². The van der Waals surface area contributed by atoms with Gasteiger partial charge in [0.05, 0.1) is 11.3 Å². The SMILES string of the molecule is CCc1occ(/C=C/c2ccccc2)c1Cl. The van der Waals surface area contributed by atoms with Crippen molar-refractivity contribution in [3.8, 4) is 0 Å². The Morgan fingerprint density at radius 2 is 1.94 bits per heavy atom. The third kappa shape index (κ3) is 2.37. The summed E-state index contributed by atoms with van der Waals surface area (Å²) in [6.07, 6.45) is 6.51. The molecule has 0 fully saturated rings. The molecule has 1 aromatic carbocycles. The van der Waals surface area contributed by atoms with Crippen molar-refractivity contribution in [1.29, 1.82) is 0 Å². The summed E-state index contributed by atoms with van der Waals surface area (Å²) in [4.78, 5) is 0. The van der Waals surface area contributed by atoms with Crippen LogP contribution in [0.1, 0.15) is 23.8 Å². The summed E-state index contributed by atoms with van der Waals surface area (Å²) in [7, 11) is 0. The highest BCUT2D eigenvalue weighted by molar-refractivity contribution is 6.32. The minimum atomic E-state index is 0.717. The molecule has 0 aliphatic carbocycles. The minimum Gasteiger partial charge on any atom is -0.467 e. The van der Waals surface area contributed by atoms with Crippen LogP contribution < -0.4 is 0 Å². The molecule has 0 saturated carbocycles. The fourth-order valence-corrected chi connectivity index (χ4v) is 1.79. The molecule has 2 rings (SSSR count). The summed E-state index contributed by atoms with van der Waals surface area (Å²) in [5, 5.41) is 0.717. The molecule has 0 bridgehead atoms. The smallest absolute Gasteiger partial charge is 0.122 e. The average molecular weight is 233 g/mol. The largest absolute Gasteiger partial charge is 0.467 e. The zero-order valence-electron chi connectivity index (χ0n) is 9.11. The Morgan fingerprint density at radius 1 is 1.19 bits per heavy atom. The van der Waals surface area contributed by atoms with E-state index in [1.54, 1.807) is 6.26 Å². The lowest BCUT2D eigenvalue weighted by Crippen LogP contribution is -1.74. The Balaban J connectivity index is 2.21. The van der Waals surface area contributed by atoms with Crippen LogP contribution in [-0.2, 0) is 6.42 Å². The molecule has 2 heteroatoms. The topological polar surface area (TPSA) is 13.1 Å². The summed E-state index contributed by atoms with van der Waals surface area (Å²) in [6, 6.07) is 10.1. The number of aryl methyl sites for hydroxylation is 1. The lowest BCUT2D eigenvalue weighted by molar-refractivity contribution is 0.516. The fourth-order valence-electron chi connectivity index (χ4n) is 1.50. The molecule has 0 radical (unpaired) electrons. The minimum absolute atomic E-state index is 0.717. The van der Waals surface area contributed by atoms with Gasteiger partial charge in [-0.3, -0.25) is 0 Å². The molecule has 1 nitrogen and oxygen atoms in total.